The summed E-state index contributed by atoms with van der Waals surface area (Å²) >= 11 is 5.83. The highest BCUT2D eigenvalue weighted by molar-refractivity contribution is 6.29. The fourth-order valence-electron chi connectivity index (χ4n) is 1.02. The van der Waals surface area contributed by atoms with Crippen LogP contribution in [0.4, 0.5) is 11.5 Å². The topological polar surface area (TPSA) is 42.1 Å². The molecular weight excluding hydrogens is 198 g/mol. The third-order valence-corrected chi connectivity index (χ3v) is 2.35. The molecule has 4 heteroatoms. The molecule has 0 saturated carbocycles. The highest BCUT2D eigenvalue weighted by Crippen LogP contribution is 2.23. The molecule has 0 unspecified atom stereocenters. The summed E-state index contributed by atoms with van der Waals surface area (Å²) < 4.78 is 0. The van der Waals surface area contributed by atoms with Gasteiger partial charge < -0.3 is 10.6 Å². The zero-order chi connectivity index (χ0) is 10.9. The average molecular weight is 214 g/mol. The summed E-state index contributed by atoms with van der Waals surface area (Å²) in [6, 6.07) is 3.46. The van der Waals surface area contributed by atoms with Gasteiger partial charge in [0.2, 0.25) is 0 Å². The Balaban J connectivity index is 3.07. The molecule has 0 aliphatic heterocycles. The lowest BCUT2D eigenvalue weighted by molar-refractivity contribution is 0.534. The van der Waals surface area contributed by atoms with E-state index in [9.17, 15) is 0 Å². The lowest BCUT2D eigenvalue weighted by atomic mass is 10.1. The number of halogens is 1. The minimum Gasteiger partial charge on any atom is -0.399 e. The summed E-state index contributed by atoms with van der Waals surface area (Å²) in [6.07, 6.45) is 0. The highest BCUT2D eigenvalue weighted by atomic mass is 35.5. The Hall–Kier alpha value is -0.960. The minimum absolute atomic E-state index is 0.00409. The predicted molar refractivity (Wildman–Crippen MR) is 61.8 cm³/mol. The van der Waals surface area contributed by atoms with E-state index in [0.717, 1.165) is 5.82 Å². The van der Waals surface area contributed by atoms with Crippen molar-refractivity contribution in [2.45, 2.75) is 26.3 Å². The smallest absolute Gasteiger partial charge is 0.133 e. The fourth-order valence-corrected chi connectivity index (χ4v) is 1.23. The summed E-state index contributed by atoms with van der Waals surface area (Å²) in [7, 11) is 1.97. The first-order valence-corrected chi connectivity index (χ1v) is 4.85. The van der Waals surface area contributed by atoms with Crippen LogP contribution in [0.15, 0.2) is 12.1 Å². The SMILES string of the molecule is CN(c1cc(N)cc(Cl)n1)C(C)(C)C. The Bertz CT molecular complexity index is 310. The molecule has 1 aromatic rings. The van der Waals surface area contributed by atoms with E-state index in [2.05, 4.69) is 25.8 Å². The van der Waals surface area contributed by atoms with E-state index in [1.54, 1.807) is 6.07 Å². The number of anilines is 2. The second-order valence-electron chi connectivity index (χ2n) is 4.31. The molecule has 1 heterocycles. The number of nitrogens with two attached hydrogens (primary N) is 1. The number of pyridine rings is 1. The number of nitrogen functional groups attached to an aromatic ring is 1. The number of aromatic nitrogens is 1. The van der Waals surface area contributed by atoms with Gasteiger partial charge in [-0.3, -0.25) is 0 Å². The van der Waals surface area contributed by atoms with E-state index < -0.39 is 0 Å². The standard InChI is InChI=1S/C10H16ClN3/c1-10(2,3)14(4)9-6-7(12)5-8(11)13-9/h5-6H,1-4H3,(H2,12,13). The Morgan fingerprint density at radius 3 is 2.36 bits per heavy atom. The molecular formula is C10H16ClN3. The van der Waals surface area contributed by atoms with Crippen LogP contribution in [0.5, 0.6) is 0 Å². The number of hydrogen-bond donors (Lipinski definition) is 1. The van der Waals surface area contributed by atoms with Crippen LogP contribution >= 0.6 is 11.6 Å². The Labute approximate surface area is 89.9 Å². The molecule has 0 aromatic carbocycles. The van der Waals surface area contributed by atoms with Crippen molar-refractivity contribution in [2.24, 2.45) is 0 Å². The van der Waals surface area contributed by atoms with E-state index in [1.165, 1.54) is 0 Å². The van der Waals surface area contributed by atoms with Crippen molar-refractivity contribution >= 4 is 23.1 Å². The minimum atomic E-state index is 0.00409. The van der Waals surface area contributed by atoms with E-state index in [1.807, 2.05) is 18.0 Å². The molecule has 0 bridgehead atoms. The molecule has 0 aliphatic carbocycles. The molecule has 0 fully saturated rings. The molecule has 1 rings (SSSR count). The first kappa shape index (κ1) is 11.1. The van der Waals surface area contributed by atoms with E-state index in [0.29, 0.717) is 10.8 Å². The van der Waals surface area contributed by atoms with Gasteiger partial charge >= 0.3 is 0 Å². The Morgan fingerprint density at radius 2 is 1.93 bits per heavy atom. The first-order valence-electron chi connectivity index (χ1n) is 4.47. The van der Waals surface area contributed by atoms with Gasteiger partial charge in [-0.2, -0.15) is 0 Å². The third-order valence-electron chi connectivity index (χ3n) is 2.15. The maximum Gasteiger partial charge on any atom is 0.133 e. The molecule has 0 atom stereocenters. The van der Waals surface area contributed by atoms with Crippen LogP contribution in [-0.4, -0.2) is 17.6 Å². The van der Waals surface area contributed by atoms with Gasteiger partial charge in [-0.25, -0.2) is 4.98 Å². The molecule has 14 heavy (non-hydrogen) atoms. The van der Waals surface area contributed by atoms with Crippen molar-refractivity contribution in [1.82, 2.24) is 4.98 Å². The van der Waals surface area contributed by atoms with Crippen molar-refractivity contribution in [2.75, 3.05) is 17.7 Å². The van der Waals surface area contributed by atoms with Crippen molar-refractivity contribution in [1.29, 1.82) is 0 Å². The number of nitrogens with zero attached hydrogens (tertiary/aromatic N) is 2. The van der Waals surface area contributed by atoms with Crippen molar-refractivity contribution in [3.8, 4) is 0 Å². The largest absolute Gasteiger partial charge is 0.399 e. The molecule has 2 N–H and O–H groups in total. The third kappa shape index (κ3) is 2.51. The van der Waals surface area contributed by atoms with Crippen molar-refractivity contribution < 1.29 is 0 Å². The van der Waals surface area contributed by atoms with Crippen molar-refractivity contribution in [3.05, 3.63) is 17.3 Å². The summed E-state index contributed by atoms with van der Waals surface area (Å²) in [6.45, 7) is 6.31. The van der Waals surface area contributed by atoms with Crippen LogP contribution in [0.1, 0.15) is 20.8 Å². The van der Waals surface area contributed by atoms with Crippen molar-refractivity contribution in [3.63, 3.8) is 0 Å². The van der Waals surface area contributed by atoms with Crippen LogP contribution in [0.3, 0.4) is 0 Å². The summed E-state index contributed by atoms with van der Waals surface area (Å²) in [4.78, 5) is 6.25. The summed E-state index contributed by atoms with van der Waals surface area (Å²) in [5, 5.41) is 0.427. The van der Waals surface area contributed by atoms with Gasteiger partial charge in [0.15, 0.2) is 0 Å². The lowest BCUT2D eigenvalue weighted by Crippen LogP contribution is -2.38. The highest BCUT2D eigenvalue weighted by Gasteiger charge is 2.18. The molecule has 0 aliphatic rings. The normalized spacial score (nSPS) is 11.5. The van der Waals surface area contributed by atoms with Gasteiger partial charge in [-0.1, -0.05) is 11.6 Å². The molecule has 0 spiro atoms. The van der Waals surface area contributed by atoms with Crippen LogP contribution < -0.4 is 10.6 Å². The average Bonchev–Trinajstić information content (AvgIpc) is 1.99. The molecule has 1 aromatic heterocycles. The van der Waals surface area contributed by atoms with Gasteiger partial charge in [0.1, 0.15) is 11.0 Å². The second-order valence-corrected chi connectivity index (χ2v) is 4.70. The maximum atomic E-state index is 5.83. The Kier molecular flexibility index (Phi) is 2.90. The van der Waals surface area contributed by atoms with Gasteiger partial charge in [-0.05, 0) is 26.8 Å². The zero-order valence-electron chi connectivity index (χ0n) is 9.00. The molecule has 0 amide bonds. The maximum absolute atomic E-state index is 5.83. The van der Waals surface area contributed by atoms with Gasteiger partial charge in [0.05, 0.1) is 0 Å². The number of hydrogen-bond acceptors (Lipinski definition) is 3. The molecule has 0 radical (unpaired) electrons. The first-order chi connectivity index (χ1) is 6.30. The van der Waals surface area contributed by atoms with Crippen LogP contribution in [0, 0.1) is 0 Å². The fraction of sp³-hybridized carbons (Fsp3) is 0.500. The summed E-state index contributed by atoms with van der Waals surface area (Å²) in [5.41, 5.74) is 6.33. The molecule has 3 nitrogen and oxygen atoms in total. The Morgan fingerprint density at radius 1 is 1.36 bits per heavy atom. The quantitative estimate of drug-likeness (QED) is 0.730. The zero-order valence-corrected chi connectivity index (χ0v) is 9.76. The van der Waals surface area contributed by atoms with Gasteiger partial charge in [-0.15, -0.1) is 0 Å². The van der Waals surface area contributed by atoms with Crippen LogP contribution in [-0.2, 0) is 0 Å². The predicted octanol–water partition coefficient (Wildman–Crippen LogP) is 2.55. The van der Waals surface area contributed by atoms with Gasteiger partial charge in [0.25, 0.3) is 0 Å². The monoisotopic (exact) mass is 213 g/mol. The van der Waals surface area contributed by atoms with Gasteiger partial charge in [0, 0.05) is 24.3 Å². The van der Waals surface area contributed by atoms with E-state index in [-0.39, 0.29) is 5.54 Å². The number of rotatable bonds is 1. The summed E-state index contributed by atoms with van der Waals surface area (Å²) in [5.74, 6) is 0.794. The lowest BCUT2D eigenvalue weighted by Gasteiger charge is -2.33. The second kappa shape index (κ2) is 3.65. The van der Waals surface area contributed by atoms with Crippen LogP contribution in [0.25, 0.3) is 0 Å². The van der Waals surface area contributed by atoms with E-state index in [4.69, 9.17) is 17.3 Å². The van der Waals surface area contributed by atoms with Crippen LogP contribution in [0.2, 0.25) is 5.15 Å². The molecule has 78 valence electrons. The van der Waals surface area contributed by atoms with E-state index >= 15 is 0 Å². The molecule has 0 saturated heterocycles.